The van der Waals surface area contributed by atoms with Crippen molar-refractivity contribution < 1.29 is 19.4 Å². The summed E-state index contributed by atoms with van der Waals surface area (Å²) in [7, 11) is 1.35. The molecule has 4 N–H and O–H groups in total. The highest BCUT2D eigenvalue weighted by molar-refractivity contribution is 7.12. The highest BCUT2D eigenvalue weighted by atomic mass is 32.1. The number of hydrogen-bond donors (Lipinski definition) is 3. The lowest BCUT2D eigenvalue weighted by Crippen LogP contribution is -2.37. The lowest BCUT2D eigenvalue weighted by molar-refractivity contribution is -0.139. The second kappa shape index (κ2) is 7.10. The summed E-state index contributed by atoms with van der Waals surface area (Å²) in [5, 5.41) is 12.1. The second-order valence-corrected chi connectivity index (χ2v) is 4.92. The van der Waals surface area contributed by atoms with Crippen LogP contribution < -0.4 is 11.1 Å². The molecule has 1 rings (SSSR count). The SMILES string of the molecule is COC(=O)Cc1ccc(CNCC(O)C(N)=O)s1. The first kappa shape index (κ1) is 14.6. The number of primary amides is 1. The monoisotopic (exact) mass is 272 g/mol. The van der Waals surface area contributed by atoms with E-state index in [4.69, 9.17) is 10.8 Å². The average molecular weight is 272 g/mol. The van der Waals surface area contributed by atoms with E-state index < -0.39 is 12.0 Å². The summed E-state index contributed by atoms with van der Waals surface area (Å²) in [5.41, 5.74) is 4.91. The summed E-state index contributed by atoms with van der Waals surface area (Å²) in [6.45, 7) is 0.621. The summed E-state index contributed by atoms with van der Waals surface area (Å²) >= 11 is 1.48. The van der Waals surface area contributed by atoms with Crippen molar-refractivity contribution in [2.75, 3.05) is 13.7 Å². The number of aliphatic hydroxyl groups is 1. The van der Waals surface area contributed by atoms with Crippen molar-refractivity contribution in [3.05, 3.63) is 21.9 Å². The van der Waals surface area contributed by atoms with Crippen LogP contribution in [0.25, 0.3) is 0 Å². The number of hydrogen-bond acceptors (Lipinski definition) is 6. The van der Waals surface area contributed by atoms with Gasteiger partial charge in [-0.1, -0.05) is 0 Å². The molecule has 7 heteroatoms. The van der Waals surface area contributed by atoms with Crippen LogP contribution in [0.3, 0.4) is 0 Å². The van der Waals surface area contributed by atoms with Crippen LogP contribution in [0.15, 0.2) is 12.1 Å². The zero-order valence-corrected chi connectivity index (χ0v) is 10.8. The van der Waals surface area contributed by atoms with Gasteiger partial charge in [0.25, 0.3) is 0 Å². The van der Waals surface area contributed by atoms with Crippen molar-refractivity contribution >= 4 is 23.2 Å². The molecule has 1 heterocycles. The molecule has 1 amide bonds. The number of nitrogens with one attached hydrogen (secondary N) is 1. The van der Waals surface area contributed by atoms with E-state index in [0.717, 1.165) is 9.75 Å². The molecule has 0 aliphatic rings. The Morgan fingerprint density at radius 2 is 2.17 bits per heavy atom. The molecule has 1 aromatic rings. The summed E-state index contributed by atoms with van der Waals surface area (Å²) in [6, 6.07) is 3.73. The third-order valence-corrected chi connectivity index (χ3v) is 3.31. The summed E-state index contributed by atoms with van der Waals surface area (Å²) in [6.07, 6.45) is -0.926. The fourth-order valence-corrected chi connectivity index (χ4v) is 2.23. The van der Waals surface area contributed by atoms with E-state index >= 15 is 0 Å². The first-order valence-electron chi connectivity index (χ1n) is 5.35. The van der Waals surface area contributed by atoms with Crippen LogP contribution in [0.1, 0.15) is 9.75 Å². The Bertz CT molecular complexity index is 419. The number of aliphatic hydroxyl groups excluding tert-OH is 1. The lowest BCUT2D eigenvalue weighted by atomic mass is 10.3. The van der Waals surface area contributed by atoms with Crippen molar-refractivity contribution in [1.82, 2.24) is 5.32 Å². The van der Waals surface area contributed by atoms with Gasteiger partial charge in [0.2, 0.25) is 5.91 Å². The van der Waals surface area contributed by atoms with Crippen LogP contribution in [0, 0.1) is 0 Å². The van der Waals surface area contributed by atoms with Crippen molar-refractivity contribution in [3.63, 3.8) is 0 Å². The zero-order chi connectivity index (χ0) is 13.5. The minimum absolute atomic E-state index is 0.111. The number of ether oxygens (including phenoxy) is 1. The zero-order valence-electron chi connectivity index (χ0n) is 10.0. The summed E-state index contributed by atoms with van der Waals surface area (Å²) in [5.74, 6) is -1.03. The third-order valence-electron chi connectivity index (χ3n) is 2.23. The Hall–Kier alpha value is -1.44. The fourth-order valence-electron chi connectivity index (χ4n) is 1.26. The Morgan fingerprint density at radius 1 is 1.50 bits per heavy atom. The maximum absolute atomic E-state index is 11.1. The van der Waals surface area contributed by atoms with E-state index in [1.165, 1.54) is 18.4 Å². The molecule has 1 unspecified atom stereocenters. The Morgan fingerprint density at radius 3 is 2.78 bits per heavy atom. The van der Waals surface area contributed by atoms with E-state index in [1.54, 1.807) is 0 Å². The van der Waals surface area contributed by atoms with Gasteiger partial charge in [0.15, 0.2) is 0 Å². The maximum atomic E-state index is 11.1. The van der Waals surface area contributed by atoms with Gasteiger partial charge in [0.05, 0.1) is 13.5 Å². The predicted molar refractivity (Wildman–Crippen MR) is 66.9 cm³/mol. The van der Waals surface area contributed by atoms with Gasteiger partial charge in [-0.25, -0.2) is 0 Å². The summed E-state index contributed by atoms with van der Waals surface area (Å²) < 4.78 is 4.57. The molecule has 0 radical (unpaired) electrons. The van der Waals surface area contributed by atoms with E-state index in [1.807, 2.05) is 12.1 Å². The van der Waals surface area contributed by atoms with Crippen LogP contribution in [0.5, 0.6) is 0 Å². The number of esters is 1. The van der Waals surface area contributed by atoms with Gasteiger partial charge in [0.1, 0.15) is 6.10 Å². The molecule has 0 aromatic carbocycles. The van der Waals surface area contributed by atoms with E-state index in [0.29, 0.717) is 6.54 Å². The number of carbonyl (C=O) groups is 2. The molecule has 18 heavy (non-hydrogen) atoms. The normalized spacial score (nSPS) is 12.1. The summed E-state index contributed by atoms with van der Waals surface area (Å²) in [4.78, 5) is 23.6. The van der Waals surface area contributed by atoms with Gasteiger partial charge in [-0.3, -0.25) is 9.59 Å². The highest BCUT2D eigenvalue weighted by Crippen LogP contribution is 2.17. The predicted octanol–water partition coefficient (Wildman–Crippen LogP) is -0.601. The van der Waals surface area contributed by atoms with Crippen molar-refractivity contribution in [2.45, 2.75) is 19.1 Å². The smallest absolute Gasteiger partial charge is 0.310 e. The van der Waals surface area contributed by atoms with Gasteiger partial charge < -0.3 is 20.9 Å². The van der Waals surface area contributed by atoms with Gasteiger partial charge in [-0.2, -0.15) is 0 Å². The van der Waals surface area contributed by atoms with Crippen molar-refractivity contribution in [1.29, 1.82) is 0 Å². The molecule has 0 aliphatic heterocycles. The average Bonchev–Trinajstić information content (AvgIpc) is 2.76. The molecular weight excluding hydrogens is 256 g/mol. The Labute approximate surface area is 109 Å². The standard InChI is InChI=1S/C11H16N2O4S/c1-17-10(15)4-7-2-3-8(18-7)5-13-6-9(14)11(12)16/h2-3,9,13-14H,4-6H2,1H3,(H2,12,16). The number of carbonyl (C=O) groups excluding carboxylic acids is 2. The third kappa shape index (κ3) is 4.82. The minimum atomic E-state index is -1.18. The number of rotatable bonds is 7. The lowest BCUT2D eigenvalue weighted by Gasteiger charge is -2.06. The first-order valence-corrected chi connectivity index (χ1v) is 6.17. The van der Waals surface area contributed by atoms with E-state index in [9.17, 15) is 9.59 Å². The molecule has 6 nitrogen and oxygen atoms in total. The first-order chi connectivity index (χ1) is 8.52. The van der Waals surface area contributed by atoms with Crippen LogP contribution in [-0.4, -0.2) is 36.7 Å². The molecule has 0 saturated heterocycles. The molecule has 0 bridgehead atoms. The molecule has 0 spiro atoms. The van der Waals surface area contributed by atoms with Gasteiger partial charge in [0, 0.05) is 22.8 Å². The number of thiophene rings is 1. The van der Waals surface area contributed by atoms with E-state index in [2.05, 4.69) is 10.1 Å². The van der Waals surface area contributed by atoms with E-state index in [-0.39, 0.29) is 18.9 Å². The molecular formula is C11H16N2O4S. The largest absolute Gasteiger partial charge is 0.469 e. The van der Waals surface area contributed by atoms with Crippen LogP contribution in [0.4, 0.5) is 0 Å². The molecule has 100 valence electrons. The van der Waals surface area contributed by atoms with Crippen molar-refractivity contribution in [2.24, 2.45) is 5.73 Å². The molecule has 1 aromatic heterocycles. The fraction of sp³-hybridized carbons (Fsp3) is 0.455. The Balaban J connectivity index is 2.35. The molecule has 0 saturated carbocycles. The van der Waals surface area contributed by atoms with Gasteiger partial charge in [-0.05, 0) is 12.1 Å². The number of amides is 1. The molecule has 0 aliphatic carbocycles. The highest BCUT2D eigenvalue weighted by Gasteiger charge is 2.10. The Kier molecular flexibility index (Phi) is 5.76. The van der Waals surface area contributed by atoms with Crippen LogP contribution in [-0.2, 0) is 27.3 Å². The van der Waals surface area contributed by atoms with Gasteiger partial charge in [-0.15, -0.1) is 11.3 Å². The molecule has 1 atom stereocenters. The quantitative estimate of drug-likeness (QED) is 0.575. The molecule has 0 fully saturated rings. The minimum Gasteiger partial charge on any atom is -0.469 e. The second-order valence-electron chi connectivity index (χ2n) is 3.67. The van der Waals surface area contributed by atoms with Crippen molar-refractivity contribution in [3.8, 4) is 0 Å². The maximum Gasteiger partial charge on any atom is 0.310 e. The number of methoxy groups -OCH3 is 1. The van der Waals surface area contributed by atoms with Gasteiger partial charge >= 0.3 is 5.97 Å². The van der Waals surface area contributed by atoms with Crippen LogP contribution in [0.2, 0.25) is 0 Å². The number of nitrogens with two attached hydrogens (primary N) is 1. The van der Waals surface area contributed by atoms with Crippen LogP contribution >= 0.6 is 11.3 Å². The topological polar surface area (TPSA) is 102 Å².